The van der Waals surface area contributed by atoms with Gasteiger partial charge in [-0.2, -0.15) is 0 Å². The molecule has 5 nitrogen and oxygen atoms in total. The molecule has 0 aliphatic carbocycles. The minimum absolute atomic E-state index is 0.0103. The van der Waals surface area contributed by atoms with Gasteiger partial charge in [0.05, 0.1) is 11.5 Å². The summed E-state index contributed by atoms with van der Waals surface area (Å²) in [6, 6.07) is 7.28. The highest BCUT2D eigenvalue weighted by atomic mass is 16.6. The predicted molar refractivity (Wildman–Crippen MR) is 58.2 cm³/mol. The first-order chi connectivity index (χ1) is 7.63. The van der Waals surface area contributed by atoms with E-state index in [9.17, 15) is 15.2 Å². The van der Waals surface area contributed by atoms with Crippen LogP contribution in [0.1, 0.15) is 5.56 Å². The fraction of sp³-hybridized carbons (Fsp3) is 0.0909. The fourth-order valence-electron chi connectivity index (χ4n) is 1.65. The molecule has 2 N–H and O–H groups in total. The first-order valence-corrected chi connectivity index (χ1v) is 4.63. The second-order valence-corrected chi connectivity index (χ2v) is 3.38. The molecule has 2 rings (SSSR count). The normalized spacial score (nSPS) is 10.6. The van der Waals surface area contributed by atoms with Gasteiger partial charge in [0.15, 0.2) is 0 Å². The zero-order valence-corrected chi connectivity index (χ0v) is 8.25. The van der Waals surface area contributed by atoms with Crippen LogP contribution in [0.2, 0.25) is 0 Å². The van der Waals surface area contributed by atoms with Gasteiger partial charge in [-0.3, -0.25) is 10.1 Å². The van der Waals surface area contributed by atoms with Gasteiger partial charge in [-0.1, -0.05) is 6.07 Å². The molecular weight excluding hydrogens is 210 g/mol. The van der Waals surface area contributed by atoms with Crippen LogP contribution in [-0.2, 0) is 6.61 Å². The number of aliphatic hydroxyl groups excluding tert-OH is 1. The number of rotatable bonds is 2. The molecule has 2 aromatic rings. The summed E-state index contributed by atoms with van der Waals surface area (Å²) in [5, 5.41) is 30.4. The summed E-state index contributed by atoms with van der Waals surface area (Å²) in [7, 11) is 0. The monoisotopic (exact) mass is 219 g/mol. The van der Waals surface area contributed by atoms with Crippen LogP contribution in [0, 0.1) is 10.1 Å². The van der Waals surface area contributed by atoms with Crippen molar-refractivity contribution in [1.82, 2.24) is 0 Å². The Kier molecular flexibility index (Phi) is 2.46. The van der Waals surface area contributed by atoms with Crippen molar-refractivity contribution in [1.29, 1.82) is 0 Å². The largest absolute Gasteiger partial charge is 0.508 e. The van der Waals surface area contributed by atoms with Crippen molar-refractivity contribution in [2.24, 2.45) is 0 Å². The van der Waals surface area contributed by atoms with Crippen LogP contribution < -0.4 is 0 Å². The van der Waals surface area contributed by atoms with Crippen molar-refractivity contribution >= 4 is 16.5 Å². The molecule has 0 atom stereocenters. The summed E-state index contributed by atoms with van der Waals surface area (Å²) in [6.07, 6.45) is 0. The second-order valence-electron chi connectivity index (χ2n) is 3.38. The number of nitrogens with zero attached hydrogens (tertiary/aromatic N) is 1. The lowest BCUT2D eigenvalue weighted by Gasteiger charge is -2.05. The average Bonchev–Trinajstić information content (AvgIpc) is 2.28. The Morgan fingerprint density at radius 1 is 1.25 bits per heavy atom. The second kappa shape index (κ2) is 3.79. The van der Waals surface area contributed by atoms with Gasteiger partial charge in [-0.25, -0.2) is 0 Å². The van der Waals surface area contributed by atoms with E-state index in [4.69, 9.17) is 5.11 Å². The standard InChI is InChI=1S/C11H9NO4/c13-6-10-9-3-2-8(12(15)16)5-7(9)1-4-11(10)14/h1-5,13-14H,6H2. The van der Waals surface area contributed by atoms with Crippen molar-refractivity contribution < 1.29 is 15.1 Å². The molecule has 82 valence electrons. The Balaban J connectivity index is 2.73. The van der Waals surface area contributed by atoms with Crippen molar-refractivity contribution in [2.75, 3.05) is 0 Å². The summed E-state index contributed by atoms with van der Waals surface area (Å²) in [4.78, 5) is 10.1. The summed E-state index contributed by atoms with van der Waals surface area (Å²) in [6.45, 7) is -0.305. The number of aromatic hydroxyl groups is 1. The lowest BCUT2D eigenvalue weighted by Crippen LogP contribution is -1.90. The summed E-state index contributed by atoms with van der Waals surface area (Å²) in [5.74, 6) is -0.0103. The maximum atomic E-state index is 10.6. The van der Waals surface area contributed by atoms with Crippen LogP contribution in [-0.4, -0.2) is 15.1 Å². The Hall–Kier alpha value is -2.14. The topological polar surface area (TPSA) is 83.6 Å². The number of hydrogen-bond donors (Lipinski definition) is 2. The summed E-state index contributed by atoms with van der Waals surface area (Å²) < 4.78 is 0. The predicted octanol–water partition coefficient (Wildman–Crippen LogP) is 1.95. The number of hydrogen-bond acceptors (Lipinski definition) is 4. The number of nitro groups is 1. The van der Waals surface area contributed by atoms with E-state index in [2.05, 4.69) is 0 Å². The molecule has 5 heteroatoms. The quantitative estimate of drug-likeness (QED) is 0.597. The molecule has 0 aliphatic rings. The van der Waals surface area contributed by atoms with Crippen LogP contribution in [0.3, 0.4) is 0 Å². The number of benzene rings is 2. The molecule has 0 unspecified atom stereocenters. The van der Waals surface area contributed by atoms with Crippen LogP contribution in [0.5, 0.6) is 5.75 Å². The van der Waals surface area contributed by atoms with E-state index in [1.807, 2.05) is 0 Å². The fourth-order valence-corrected chi connectivity index (χ4v) is 1.65. The molecular formula is C11H9NO4. The van der Waals surface area contributed by atoms with Gasteiger partial charge in [0.1, 0.15) is 5.75 Å². The van der Waals surface area contributed by atoms with E-state index in [0.29, 0.717) is 16.3 Å². The smallest absolute Gasteiger partial charge is 0.270 e. The van der Waals surface area contributed by atoms with E-state index >= 15 is 0 Å². The molecule has 0 saturated carbocycles. The Bertz CT molecular complexity index is 565. The molecule has 0 aliphatic heterocycles. The molecule has 2 aromatic carbocycles. The highest BCUT2D eigenvalue weighted by molar-refractivity contribution is 5.89. The van der Waals surface area contributed by atoms with Crippen molar-refractivity contribution in [3.05, 3.63) is 46.0 Å². The highest BCUT2D eigenvalue weighted by Crippen LogP contribution is 2.29. The lowest BCUT2D eigenvalue weighted by molar-refractivity contribution is -0.384. The average molecular weight is 219 g/mol. The summed E-state index contributed by atoms with van der Waals surface area (Å²) in [5.41, 5.74) is 0.370. The van der Waals surface area contributed by atoms with E-state index in [1.54, 1.807) is 6.07 Å². The molecule has 0 fully saturated rings. The Labute approximate surface area is 90.7 Å². The first kappa shape index (κ1) is 10.4. The lowest BCUT2D eigenvalue weighted by atomic mass is 10.0. The minimum atomic E-state index is -0.481. The van der Waals surface area contributed by atoms with Crippen molar-refractivity contribution in [3.8, 4) is 5.75 Å². The molecule has 0 bridgehead atoms. The zero-order valence-electron chi connectivity index (χ0n) is 8.25. The molecule has 0 radical (unpaired) electrons. The molecule has 0 aromatic heterocycles. The molecule has 0 spiro atoms. The zero-order chi connectivity index (χ0) is 11.7. The molecule has 0 saturated heterocycles. The molecule has 0 amide bonds. The molecule has 0 heterocycles. The number of aliphatic hydroxyl groups is 1. The van der Waals surface area contributed by atoms with E-state index in [-0.39, 0.29) is 18.0 Å². The van der Waals surface area contributed by atoms with Gasteiger partial charge in [0, 0.05) is 17.7 Å². The Morgan fingerprint density at radius 2 is 2.00 bits per heavy atom. The minimum Gasteiger partial charge on any atom is -0.508 e. The maximum absolute atomic E-state index is 10.6. The molecule has 16 heavy (non-hydrogen) atoms. The van der Waals surface area contributed by atoms with Gasteiger partial charge in [-0.15, -0.1) is 0 Å². The van der Waals surface area contributed by atoms with Gasteiger partial charge < -0.3 is 10.2 Å². The van der Waals surface area contributed by atoms with Crippen LogP contribution >= 0.6 is 0 Å². The third-order valence-electron chi connectivity index (χ3n) is 2.46. The SMILES string of the molecule is O=[N+]([O-])c1ccc2c(CO)c(O)ccc2c1. The van der Waals surface area contributed by atoms with Crippen molar-refractivity contribution in [2.45, 2.75) is 6.61 Å². The number of phenols is 1. The van der Waals surface area contributed by atoms with Crippen LogP contribution in [0.15, 0.2) is 30.3 Å². The van der Waals surface area contributed by atoms with Gasteiger partial charge in [0.25, 0.3) is 5.69 Å². The third kappa shape index (κ3) is 1.57. The van der Waals surface area contributed by atoms with Gasteiger partial charge in [0.2, 0.25) is 0 Å². The number of non-ortho nitro benzene ring substituents is 1. The van der Waals surface area contributed by atoms with Crippen LogP contribution in [0.4, 0.5) is 5.69 Å². The number of fused-ring (bicyclic) bond motifs is 1. The first-order valence-electron chi connectivity index (χ1n) is 4.63. The third-order valence-corrected chi connectivity index (χ3v) is 2.46. The maximum Gasteiger partial charge on any atom is 0.270 e. The van der Waals surface area contributed by atoms with Gasteiger partial charge in [-0.05, 0) is 22.9 Å². The van der Waals surface area contributed by atoms with E-state index in [0.717, 1.165) is 0 Å². The van der Waals surface area contributed by atoms with E-state index in [1.165, 1.54) is 24.3 Å². The highest BCUT2D eigenvalue weighted by Gasteiger charge is 2.10. The number of nitro benzene ring substituents is 1. The Morgan fingerprint density at radius 3 is 2.62 bits per heavy atom. The van der Waals surface area contributed by atoms with Gasteiger partial charge >= 0.3 is 0 Å². The summed E-state index contributed by atoms with van der Waals surface area (Å²) >= 11 is 0. The van der Waals surface area contributed by atoms with E-state index < -0.39 is 4.92 Å². The van der Waals surface area contributed by atoms with Crippen molar-refractivity contribution in [3.63, 3.8) is 0 Å². The van der Waals surface area contributed by atoms with Crippen LogP contribution in [0.25, 0.3) is 10.8 Å².